The number of hydrogen-bond acceptors (Lipinski definition) is 4. The highest BCUT2D eigenvalue weighted by molar-refractivity contribution is 6.05. The molecule has 1 spiro atoms. The maximum atomic E-state index is 13.5. The number of fused-ring (bicyclic) bond motifs is 1. The highest BCUT2D eigenvalue weighted by Gasteiger charge is 2.54. The maximum Gasteiger partial charge on any atom is 0.273 e. The van der Waals surface area contributed by atoms with Gasteiger partial charge in [-0.15, -0.1) is 10.2 Å². The molecule has 6 nitrogen and oxygen atoms in total. The Labute approximate surface area is 163 Å². The van der Waals surface area contributed by atoms with Gasteiger partial charge in [0.2, 0.25) is 0 Å². The second kappa shape index (κ2) is 5.87. The Bertz CT molecular complexity index is 1060. The van der Waals surface area contributed by atoms with Crippen LogP contribution in [-0.4, -0.2) is 43.6 Å². The zero-order chi connectivity index (χ0) is 18.7. The third-order valence-electron chi connectivity index (χ3n) is 7.01. The van der Waals surface area contributed by atoms with Gasteiger partial charge in [-0.1, -0.05) is 30.7 Å². The van der Waals surface area contributed by atoms with Crippen molar-refractivity contribution in [3.05, 3.63) is 54.4 Å². The lowest BCUT2D eigenvalue weighted by Crippen LogP contribution is -2.38. The second-order valence-corrected chi connectivity index (χ2v) is 8.66. The van der Waals surface area contributed by atoms with Crippen LogP contribution in [0.15, 0.2) is 42.9 Å². The van der Waals surface area contributed by atoms with Crippen LogP contribution in [-0.2, 0) is 0 Å². The zero-order valence-electron chi connectivity index (χ0n) is 15.8. The Morgan fingerprint density at radius 1 is 1.14 bits per heavy atom. The van der Waals surface area contributed by atoms with Gasteiger partial charge < -0.3 is 9.47 Å². The molecule has 3 aromatic rings. The number of likely N-dealkylation sites (tertiary alicyclic amines) is 1. The number of carbonyl (C=O) groups excluding carboxylic acids is 1. The van der Waals surface area contributed by atoms with E-state index >= 15 is 0 Å². The van der Waals surface area contributed by atoms with E-state index in [9.17, 15) is 4.79 Å². The first-order valence-corrected chi connectivity index (χ1v) is 10.3. The van der Waals surface area contributed by atoms with Crippen molar-refractivity contribution in [1.82, 2.24) is 24.6 Å². The summed E-state index contributed by atoms with van der Waals surface area (Å²) in [4.78, 5) is 19.9. The highest BCUT2D eigenvalue weighted by atomic mass is 16.2. The summed E-state index contributed by atoms with van der Waals surface area (Å²) in [5, 5.41) is 10.7. The van der Waals surface area contributed by atoms with E-state index < -0.39 is 0 Å². The van der Waals surface area contributed by atoms with E-state index in [1.54, 1.807) is 6.20 Å². The first-order valence-electron chi connectivity index (χ1n) is 10.3. The number of aromatic nitrogens is 4. The van der Waals surface area contributed by atoms with Gasteiger partial charge >= 0.3 is 0 Å². The van der Waals surface area contributed by atoms with Gasteiger partial charge in [-0.2, -0.15) is 0 Å². The number of rotatable bonds is 3. The Balaban J connectivity index is 1.36. The van der Waals surface area contributed by atoms with Gasteiger partial charge in [0.05, 0.1) is 0 Å². The second-order valence-electron chi connectivity index (χ2n) is 8.66. The van der Waals surface area contributed by atoms with Crippen molar-refractivity contribution in [2.75, 3.05) is 13.1 Å². The Kier molecular flexibility index (Phi) is 3.40. The monoisotopic (exact) mass is 373 g/mol. The molecule has 1 amide bonds. The SMILES string of the molecule is O=C(c1nccc2ccccc12)N1CC(c2nncn2C2CC2)C2(CCC2)C1. The molecule has 1 aromatic carbocycles. The number of hydrogen-bond donors (Lipinski definition) is 0. The molecule has 3 heterocycles. The molecule has 6 heteroatoms. The molecule has 28 heavy (non-hydrogen) atoms. The summed E-state index contributed by atoms with van der Waals surface area (Å²) in [6.07, 6.45) is 9.63. The molecule has 1 saturated heterocycles. The fourth-order valence-electron chi connectivity index (χ4n) is 5.19. The van der Waals surface area contributed by atoms with Crippen LogP contribution in [0.1, 0.15) is 60.4 Å². The summed E-state index contributed by atoms with van der Waals surface area (Å²) < 4.78 is 2.27. The zero-order valence-corrected chi connectivity index (χ0v) is 15.8. The van der Waals surface area contributed by atoms with E-state index in [1.165, 1.54) is 32.1 Å². The first kappa shape index (κ1) is 16.2. The summed E-state index contributed by atoms with van der Waals surface area (Å²) in [6, 6.07) is 10.5. The molecule has 0 radical (unpaired) electrons. The Morgan fingerprint density at radius 3 is 2.79 bits per heavy atom. The van der Waals surface area contributed by atoms with E-state index in [0.29, 0.717) is 11.7 Å². The first-order chi connectivity index (χ1) is 13.8. The molecule has 1 aliphatic heterocycles. The van der Waals surface area contributed by atoms with Crippen LogP contribution >= 0.6 is 0 Å². The molecule has 0 N–H and O–H groups in total. The molecule has 2 aromatic heterocycles. The van der Waals surface area contributed by atoms with Crippen LogP contribution in [0.3, 0.4) is 0 Å². The van der Waals surface area contributed by atoms with Gasteiger partial charge in [-0.3, -0.25) is 9.78 Å². The van der Waals surface area contributed by atoms with Crippen LogP contribution in [0.25, 0.3) is 10.8 Å². The van der Waals surface area contributed by atoms with E-state index in [1.807, 2.05) is 41.6 Å². The normalized spacial score (nSPS) is 23.3. The predicted molar refractivity (Wildman–Crippen MR) is 105 cm³/mol. The quantitative estimate of drug-likeness (QED) is 0.704. The average Bonchev–Trinajstić information content (AvgIpc) is 3.28. The molecule has 0 bridgehead atoms. The smallest absolute Gasteiger partial charge is 0.273 e. The van der Waals surface area contributed by atoms with Gasteiger partial charge in [0.25, 0.3) is 5.91 Å². The summed E-state index contributed by atoms with van der Waals surface area (Å²) in [5.41, 5.74) is 0.733. The van der Waals surface area contributed by atoms with E-state index in [-0.39, 0.29) is 17.2 Å². The van der Waals surface area contributed by atoms with Crippen molar-refractivity contribution >= 4 is 16.7 Å². The molecular formula is C22H23N5O. The lowest BCUT2D eigenvalue weighted by Gasteiger charge is -2.42. The maximum absolute atomic E-state index is 13.5. The Morgan fingerprint density at radius 2 is 2.00 bits per heavy atom. The molecule has 6 rings (SSSR count). The topological polar surface area (TPSA) is 63.9 Å². The minimum absolute atomic E-state index is 0.0445. The molecule has 3 aliphatic rings. The average molecular weight is 373 g/mol. The van der Waals surface area contributed by atoms with Crippen molar-refractivity contribution in [3.8, 4) is 0 Å². The van der Waals surface area contributed by atoms with Crippen molar-refractivity contribution in [2.45, 2.75) is 44.1 Å². The Hall–Kier alpha value is -2.76. The van der Waals surface area contributed by atoms with Crippen molar-refractivity contribution in [3.63, 3.8) is 0 Å². The molecular weight excluding hydrogens is 350 g/mol. The van der Waals surface area contributed by atoms with Crippen LogP contribution in [0, 0.1) is 5.41 Å². The molecule has 1 atom stereocenters. The number of nitrogens with zero attached hydrogens (tertiary/aromatic N) is 5. The van der Waals surface area contributed by atoms with E-state index in [0.717, 1.165) is 29.7 Å². The fraction of sp³-hybridized carbons (Fsp3) is 0.455. The molecule has 2 saturated carbocycles. The lowest BCUT2D eigenvalue weighted by atomic mass is 9.62. The van der Waals surface area contributed by atoms with Gasteiger partial charge in [-0.25, -0.2) is 0 Å². The third-order valence-corrected chi connectivity index (χ3v) is 7.01. The largest absolute Gasteiger partial charge is 0.336 e. The number of carbonyl (C=O) groups is 1. The van der Waals surface area contributed by atoms with Crippen LogP contribution < -0.4 is 0 Å². The van der Waals surface area contributed by atoms with Gasteiger partial charge in [-0.05, 0) is 42.6 Å². The summed E-state index contributed by atoms with van der Waals surface area (Å²) >= 11 is 0. The molecule has 2 aliphatic carbocycles. The standard InChI is InChI=1S/C22H23N5O/c28-21(19-17-5-2-1-4-15(17)8-11-23-19)26-12-18(22(13-26)9-3-10-22)20-25-24-14-27(20)16-6-7-16/h1-2,4-5,8,11,14,16,18H,3,6-7,9-10,12-13H2. The van der Waals surface area contributed by atoms with Crippen LogP contribution in [0.5, 0.6) is 0 Å². The minimum atomic E-state index is 0.0445. The fourth-order valence-corrected chi connectivity index (χ4v) is 5.19. The van der Waals surface area contributed by atoms with E-state index in [4.69, 9.17) is 0 Å². The van der Waals surface area contributed by atoms with Crippen molar-refractivity contribution < 1.29 is 4.79 Å². The van der Waals surface area contributed by atoms with Crippen molar-refractivity contribution in [1.29, 1.82) is 0 Å². The summed E-state index contributed by atoms with van der Waals surface area (Å²) in [5.74, 6) is 1.41. The minimum Gasteiger partial charge on any atom is -0.336 e. The molecule has 3 fully saturated rings. The third kappa shape index (κ3) is 2.33. The van der Waals surface area contributed by atoms with Gasteiger partial charge in [0.1, 0.15) is 17.8 Å². The number of benzene rings is 1. The predicted octanol–water partition coefficient (Wildman–Crippen LogP) is 3.57. The lowest BCUT2D eigenvalue weighted by molar-refractivity contribution is 0.0720. The van der Waals surface area contributed by atoms with E-state index in [2.05, 4.69) is 19.7 Å². The highest BCUT2D eigenvalue weighted by Crippen LogP contribution is 2.56. The molecule has 142 valence electrons. The number of amides is 1. The summed E-state index contributed by atoms with van der Waals surface area (Å²) in [6.45, 7) is 1.52. The number of pyridine rings is 1. The van der Waals surface area contributed by atoms with Crippen molar-refractivity contribution in [2.24, 2.45) is 5.41 Å². The van der Waals surface area contributed by atoms with Crippen LogP contribution in [0.4, 0.5) is 0 Å². The van der Waals surface area contributed by atoms with Gasteiger partial charge in [0.15, 0.2) is 0 Å². The van der Waals surface area contributed by atoms with Crippen LogP contribution in [0.2, 0.25) is 0 Å². The van der Waals surface area contributed by atoms with Gasteiger partial charge in [0, 0.05) is 36.6 Å². The molecule has 1 unspecified atom stereocenters. The summed E-state index contributed by atoms with van der Waals surface area (Å²) in [7, 11) is 0.